The molecule has 0 bridgehead atoms. The second-order valence-electron chi connectivity index (χ2n) is 6.89. The highest BCUT2D eigenvalue weighted by Crippen LogP contribution is 2.30. The Morgan fingerprint density at radius 1 is 1.10 bits per heavy atom. The first-order valence-electron chi connectivity index (χ1n) is 9.07. The second-order valence-corrected chi connectivity index (χ2v) is 6.89. The molecule has 0 aliphatic rings. The number of hydrogen-bond acceptors (Lipinski definition) is 3. The standard InChI is InChI=1S/C21H24F3N3O2/c1-14-7-9-18(10-8-14)26-19(28)13-27(3)20(29)12-25-15(2)16-5-4-6-17(11-16)21(22,23)24/h4-11,15,25H,12-13H2,1-3H3,(H,26,28)/t15-/m0/s1. The topological polar surface area (TPSA) is 61.4 Å². The van der Waals surface area contributed by atoms with Crippen LogP contribution in [0.4, 0.5) is 18.9 Å². The molecule has 0 heterocycles. The van der Waals surface area contributed by atoms with Gasteiger partial charge in [0, 0.05) is 18.8 Å². The van der Waals surface area contributed by atoms with Gasteiger partial charge in [-0.3, -0.25) is 9.59 Å². The molecule has 2 aromatic rings. The van der Waals surface area contributed by atoms with E-state index >= 15 is 0 Å². The maximum atomic E-state index is 12.8. The van der Waals surface area contributed by atoms with Crippen LogP contribution in [0.2, 0.25) is 0 Å². The fraction of sp³-hybridized carbons (Fsp3) is 0.333. The fourth-order valence-corrected chi connectivity index (χ4v) is 2.62. The number of halogens is 3. The molecule has 0 unspecified atom stereocenters. The van der Waals surface area contributed by atoms with Crippen LogP contribution in [0.25, 0.3) is 0 Å². The van der Waals surface area contributed by atoms with Crippen molar-refractivity contribution >= 4 is 17.5 Å². The summed E-state index contributed by atoms with van der Waals surface area (Å²) in [6.07, 6.45) is -4.42. The molecule has 2 N–H and O–H groups in total. The Kier molecular flexibility index (Phi) is 7.39. The summed E-state index contributed by atoms with van der Waals surface area (Å²) >= 11 is 0. The van der Waals surface area contributed by atoms with Crippen LogP contribution in [0.5, 0.6) is 0 Å². The second kappa shape index (κ2) is 9.56. The molecule has 5 nitrogen and oxygen atoms in total. The molecule has 0 aliphatic carbocycles. The molecule has 2 aromatic carbocycles. The minimum absolute atomic E-state index is 0.105. The van der Waals surface area contributed by atoms with Crippen molar-refractivity contribution in [2.75, 3.05) is 25.5 Å². The Morgan fingerprint density at radius 2 is 1.76 bits per heavy atom. The number of alkyl halides is 3. The quantitative estimate of drug-likeness (QED) is 0.735. The molecule has 8 heteroatoms. The van der Waals surface area contributed by atoms with Gasteiger partial charge in [-0.1, -0.05) is 29.8 Å². The zero-order chi connectivity index (χ0) is 21.6. The van der Waals surface area contributed by atoms with Crippen molar-refractivity contribution in [2.45, 2.75) is 26.1 Å². The predicted octanol–water partition coefficient (Wildman–Crippen LogP) is 3.76. The molecule has 0 aliphatic heterocycles. The summed E-state index contributed by atoms with van der Waals surface area (Å²) in [5.74, 6) is -0.682. The maximum absolute atomic E-state index is 12.8. The van der Waals surface area contributed by atoms with Crippen molar-refractivity contribution in [3.05, 3.63) is 65.2 Å². The molecule has 0 saturated carbocycles. The third kappa shape index (κ3) is 6.90. The zero-order valence-electron chi connectivity index (χ0n) is 16.5. The molecule has 0 fully saturated rings. The van der Waals surface area contributed by atoms with Crippen LogP contribution in [0.3, 0.4) is 0 Å². The normalized spacial score (nSPS) is 12.3. The Labute approximate surface area is 167 Å². The Hall–Kier alpha value is -2.87. The van der Waals surface area contributed by atoms with Crippen LogP contribution < -0.4 is 10.6 Å². The SMILES string of the molecule is Cc1ccc(NC(=O)CN(C)C(=O)CN[C@@H](C)c2cccc(C(F)(F)F)c2)cc1. The van der Waals surface area contributed by atoms with Crippen LogP contribution in [0, 0.1) is 6.92 Å². The van der Waals surface area contributed by atoms with E-state index in [2.05, 4.69) is 10.6 Å². The van der Waals surface area contributed by atoms with E-state index in [1.54, 1.807) is 25.1 Å². The molecule has 29 heavy (non-hydrogen) atoms. The summed E-state index contributed by atoms with van der Waals surface area (Å²) in [5, 5.41) is 5.60. The summed E-state index contributed by atoms with van der Waals surface area (Å²) in [7, 11) is 1.49. The number of carbonyl (C=O) groups excluding carboxylic acids is 2. The van der Waals surface area contributed by atoms with Gasteiger partial charge in [0.15, 0.2) is 0 Å². The van der Waals surface area contributed by atoms with Crippen LogP contribution in [0.1, 0.15) is 29.7 Å². The van der Waals surface area contributed by atoms with E-state index in [1.807, 2.05) is 19.1 Å². The molecule has 156 valence electrons. The van der Waals surface area contributed by atoms with Crippen LogP contribution in [-0.4, -0.2) is 36.9 Å². The monoisotopic (exact) mass is 407 g/mol. The molecule has 1 atom stereocenters. The number of likely N-dealkylation sites (N-methyl/N-ethyl adjacent to an activating group) is 1. The zero-order valence-corrected chi connectivity index (χ0v) is 16.5. The van der Waals surface area contributed by atoms with Gasteiger partial charge in [-0.25, -0.2) is 0 Å². The predicted molar refractivity (Wildman–Crippen MR) is 105 cm³/mol. The average molecular weight is 407 g/mol. The summed E-state index contributed by atoms with van der Waals surface area (Å²) in [4.78, 5) is 25.6. The van der Waals surface area contributed by atoms with Crippen molar-refractivity contribution in [1.29, 1.82) is 0 Å². The van der Waals surface area contributed by atoms with Crippen molar-refractivity contribution in [2.24, 2.45) is 0 Å². The number of amides is 2. The lowest BCUT2D eigenvalue weighted by atomic mass is 10.0. The van der Waals surface area contributed by atoms with Gasteiger partial charge in [-0.15, -0.1) is 0 Å². The van der Waals surface area contributed by atoms with E-state index in [0.717, 1.165) is 17.7 Å². The van der Waals surface area contributed by atoms with Crippen LogP contribution >= 0.6 is 0 Å². The van der Waals surface area contributed by atoms with E-state index in [9.17, 15) is 22.8 Å². The van der Waals surface area contributed by atoms with E-state index in [-0.39, 0.29) is 24.9 Å². The van der Waals surface area contributed by atoms with Gasteiger partial charge < -0.3 is 15.5 Å². The van der Waals surface area contributed by atoms with Gasteiger partial charge in [0.25, 0.3) is 0 Å². The third-order valence-corrected chi connectivity index (χ3v) is 4.42. The lowest BCUT2D eigenvalue weighted by Crippen LogP contribution is -2.40. The van der Waals surface area contributed by atoms with Crippen molar-refractivity contribution in [1.82, 2.24) is 10.2 Å². The van der Waals surface area contributed by atoms with Gasteiger partial charge in [0.1, 0.15) is 0 Å². The number of benzene rings is 2. The van der Waals surface area contributed by atoms with Gasteiger partial charge in [-0.2, -0.15) is 13.2 Å². The largest absolute Gasteiger partial charge is 0.416 e. The Bertz CT molecular complexity index is 851. The smallest absolute Gasteiger partial charge is 0.335 e. The summed E-state index contributed by atoms with van der Waals surface area (Å²) in [5.41, 5.74) is 1.39. The first kappa shape index (κ1) is 22.4. The molecule has 0 radical (unpaired) electrons. The molecule has 0 spiro atoms. The Morgan fingerprint density at radius 3 is 2.38 bits per heavy atom. The third-order valence-electron chi connectivity index (χ3n) is 4.42. The molecule has 2 rings (SSSR count). The summed E-state index contributed by atoms with van der Waals surface area (Å²) < 4.78 is 38.5. The first-order valence-corrected chi connectivity index (χ1v) is 9.07. The van der Waals surface area contributed by atoms with Gasteiger partial charge in [0.2, 0.25) is 11.8 Å². The molecule has 0 aromatic heterocycles. The van der Waals surface area contributed by atoms with Crippen molar-refractivity contribution < 1.29 is 22.8 Å². The minimum Gasteiger partial charge on any atom is -0.335 e. The number of nitrogens with zero attached hydrogens (tertiary/aromatic N) is 1. The lowest BCUT2D eigenvalue weighted by molar-refractivity contribution is -0.137. The average Bonchev–Trinajstić information content (AvgIpc) is 2.67. The first-order chi connectivity index (χ1) is 13.6. The van der Waals surface area contributed by atoms with Gasteiger partial charge in [-0.05, 0) is 43.7 Å². The number of carbonyl (C=O) groups is 2. The van der Waals surface area contributed by atoms with Gasteiger partial charge >= 0.3 is 6.18 Å². The Balaban J connectivity index is 1.84. The highest BCUT2D eigenvalue weighted by atomic mass is 19.4. The van der Waals surface area contributed by atoms with Crippen LogP contribution in [-0.2, 0) is 15.8 Å². The molecule has 0 saturated heterocycles. The summed E-state index contributed by atoms with van der Waals surface area (Å²) in [6, 6.07) is 11.8. The highest BCUT2D eigenvalue weighted by Gasteiger charge is 2.30. The molecular weight excluding hydrogens is 383 g/mol. The number of hydrogen-bond donors (Lipinski definition) is 2. The van der Waals surface area contributed by atoms with Crippen LogP contribution in [0.15, 0.2) is 48.5 Å². The number of rotatable bonds is 7. The van der Waals surface area contributed by atoms with E-state index < -0.39 is 17.8 Å². The minimum atomic E-state index is -4.42. The van der Waals surface area contributed by atoms with E-state index in [1.165, 1.54) is 18.0 Å². The van der Waals surface area contributed by atoms with Crippen molar-refractivity contribution in [3.8, 4) is 0 Å². The van der Waals surface area contributed by atoms with Gasteiger partial charge in [0.05, 0.1) is 18.7 Å². The number of aryl methyl sites for hydroxylation is 1. The highest BCUT2D eigenvalue weighted by molar-refractivity contribution is 5.94. The molecule has 2 amide bonds. The van der Waals surface area contributed by atoms with Crippen molar-refractivity contribution in [3.63, 3.8) is 0 Å². The number of anilines is 1. The van der Waals surface area contributed by atoms with E-state index in [4.69, 9.17) is 0 Å². The maximum Gasteiger partial charge on any atom is 0.416 e. The lowest BCUT2D eigenvalue weighted by Gasteiger charge is -2.20. The number of nitrogens with one attached hydrogen (secondary N) is 2. The molecular formula is C21H24F3N3O2. The van der Waals surface area contributed by atoms with E-state index in [0.29, 0.717) is 11.3 Å². The fourth-order valence-electron chi connectivity index (χ4n) is 2.62. The summed E-state index contributed by atoms with van der Waals surface area (Å²) in [6.45, 7) is 3.37.